The minimum Gasteiger partial charge on any atom is -0.364 e. The number of alkyl halides is 3. The maximum absolute atomic E-state index is 12.9. The van der Waals surface area contributed by atoms with Crippen molar-refractivity contribution in [2.24, 2.45) is 5.73 Å². The molecule has 0 radical (unpaired) electrons. The van der Waals surface area contributed by atoms with Crippen LogP contribution < -0.4 is 5.73 Å². The van der Waals surface area contributed by atoms with E-state index in [4.69, 9.17) is 10.5 Å². The first-order valence-electron chi connectivity index (χ1n) is 4.75. The lowest BCUT2D eigenvalue weighted by Gasteiger charge is -2.27. The molecule has 0 saturated carbocycles. The van der Waals surface area contributed by atoms with Gasteiger partial charge < -0.3 is 10.5 Å². The summed E-state index contributed by atoms with van der Waals surface area (Å²) in [7, 11) is 0. The molecule has 1 aromatic heterocycles. The summed E-state index contributed by atoms with van der Waals surface area (Å²) in [5.74, 6) is -0.871. The van der Waals surface area contributed by atoms with Gasteiger partial charge in [0, 0.05) is 17.3 Å². The van der Waals surface area contributed by atoms with Crippen LogP contribution in [0, 0.1) is 0 Å². The first kappa shape index (κ1) is 11.8. The Morgan fingerprint density at radius 2 is 2.24 bits per heavy atom. The van der Waals surface area contributed by atoms with Crippen molar-refractivity contribution in [2.75, 3.05) is 0 Å². The Balaban J connectivity index is 2.57. The fraction of sp³-hybridized carbons (Fsp3) is 0.400. The molecule has 92 valence electrons. The number of aromatic nitrogens is 1. The normalized spacial score (nSPS) is 23.5. The van der Waals surface area contributed by atoms with E-state index in [0.717, 1.165) is 13.0 Å². The Labute approximate surface area is 94.6 Å². The number of hydrogen-bond donors (Lipinski definition) is 1. The fourth-order valence-corrected chi connectivity index (χ4v) is 1.71. The molecule has 0 aromatic carbocycles. The SMILES string of the molecule is C[C@]1(C(F)(F)F)OCc2cnc(C(N)=O)cc21. The summed E-state index contributed by atoms with van der Waals surface area (Å²) in [4.78, 5) is 14.6. The van der Waals surface area contributed by atoms with E-state index in [0.29, 0.717) is 5.56 Å². The molecule has 0 unspecified atom stereocenters. The van der Waals surface area contributed by atoms with Gasteiger partial charge in [-0.05, 0) is 13.0 Å². The molecule has 0 saturated heterocycles. The number of carbonyl (C=O) groups excluding carboxylic acids is 1. The predicted molar refractivity (Wildman–Crippen MR) is 51.0 cm³/mol. The molecule has 1 aliphatic heterocycles. The largest absolute Gasteiger partial charge is 0.421 e. The van der Waals surface area contributed by atoms with Gasteiger partial charge in [0.15, 0.2) is 5.60 Å². The second-order valence-corrected chi connectivity index (χ2v) is 3.91. The van der Waals surface area contributed by atoms with Crippen LogP contribution >= 0.6 is 0 Å². The van der Waals surface area contributed by atoms with Gasteiger partial charge in [0.05, 0.1) is 6.61 Å². The average Bonchev–Trinajstić information content (AvgIpc) is 2.56. The molecule has 4 nitrogen and oxygen atoms in total. The monoisotopic (exact) mass is 246 g/mol. The van der Waals surface area contributed by atoms with Crippen LogP contribution in [-0.2, 0) is 16.9 Å². The molecule has 2 heterocycles. The number of amides is 1. The molecule has 1 aromatic rings. The molecular weight excluding hydrogens is 237 g/mol. The molecule has 7 heteroatoms. The minimum atomic E-state index is -4.56. The molecule has 1 amide bonds. The molecule has 2 rings (SSSR count). The predicted octanol–water partition coefficient (Wildman–Crippen LogP) is 1.49. The van der Waals surface area contributed by atoms with E-state index in [-0.39, 0.29) is 17.9 Å². The fourth-order valence-electron chi connectivity index (χ4n) is 1.71. The third-order valence-electron chi connectivity index (χ3n) is 2.81. The van der Waals surface area contributed by atoms with Crippen LogP contribution in [0.25, 0.3) is 0 Å². The highest BCUT2D eigenvalue weighted by atomic mass is 19.4. The number of carbonyl (C=O) groups is 1. The van der Waals surface area contributed by atoms with E-state index in [2.05, 4.69) is 4.98 Å². The van der Waals surface area contributed by atoms with Gasteiger partial charge in [-0.15, -0.1) is 0 Å². The average molecular weight is 246 g/mol. The number of hydrogen-bond acceptors (Lipinski definition) is 3. The van der Waals surface area contributed by atoms with Crippen molar-refractivity contribution in [3.8, 4) is 0 Å². The number of halogens is 3. The van der Waals surface area contributed by atoms with Gasteiger partial charge in [-0.1, -0.05) is 0 Å². The standard InChI is InChI=1S/C10H9F3N2O2/c1-9(10(11,12)13)6-2-7(8(14)16)15-3-5(6)4-17-9/h2-3H,4H2,1H3,(H2,14,16)/t9-/m0/s1. The zero-order valence-electron chi connectivity index (χ0n) is 8.84. The lowest BCUT2D eigenvalue weighted by Crippen LogP contribution is -2.39. The number of fused-ring (bicyclic) bond motifs is 1. The Kier molecular flexibility index (Phi) is 2.39. The topological polar surface area (TPSA) is 65.2 Å². The van der Waals surface area contributed by atoms with Crippen LogP contribution in [-0.4, -0.2) is 17.1 Å². The highest BCUT2D eigenvalue weighted by molar-refractivity contribution is 5.91. The molecule has 0 bridgehead atoms. The molecule has 2 N–H and O–H groups in total. The van der Waals surface area contributed by atoms with E-state index in [1.807, 2.05) is 0 Å². The van der Waals surface area contributed by atoms with Gasteiger partial charge >= 0.3 is 6.18 Å². The van der Waals surface area contributed by atoms with Gasteiger partial charge in [-0.2, -0.15) is 13.2 Å². The highest BCUT2D eigenvalue weighted by Gasteiger charge is 2.57. The van der Waals surface area contributed by atoms with Crippen LogP contribution in [0.5, 0.6) is 0 Å². The van der Waals surface area contributed by atoms with Crippen molar-refractivity contribution in [1.29, 1.82) is 0 Å². The van der Waals surface area contributed by atoms with Gasteiger partial charge in [-0.25, -0.2) is 0 Å². The lowest BCUT2D eigenvalue weighted by atomic mass is 9.94. The maximum atomic E-state index is 12.9. The molecule has 17 heavy (non-hydrogen) atoms. The smallest absolute Gasteiger partial charge is 0.364 e. The number of primary amides is 1. The molecular formula is C10H9F3N2O2. The van der Waals surface area contributed by atoms with Crippen LogP contribution in [0.1, 0.15) is 28.5 Å². The molecule has 0 aliphatic carbocycles. The summed E-state index contributed by atoms with van der Waals surface area (Å²) in [6.07, 6.45) is -3.37. The number of ether oxygens (including phenoxy) is 1. The first-order chi connectivity index (χ1) is 7.75. The number of nitrogens with two attached hydrogens (primary N) is 1. The van der Waals surface area contributed by atoms with E-state index < -0.39 is 17.7 Å². The molecule has 0 spiro atoms. The summed E-state index contributed by atoms with van der Waals surface area (Å²) in [6.45, 7) is 0.737. The number of rotatable bonds is 1. The number of nitrogens with zero attached hydrogens (tertiary/aromatic N) is 1. The Morgan fingerprint density at radius 3 is 2.76 bits per heavy atom. The van der Waals surface area contributed by atoms with Crippen LogP contribution in [0.15, 0.2) is 12.3 Å². The second kappa shape index (κ2) is 3.43. The Morgan fingerprint density at radius 1 is 1.59 bits per heavy atom. The van der Waals surface area contributed by atoms with Gasteiger partial charge in [0.25, 0.3) is 5.91 Å². The van der Waals surface area contributed by atoms with Gasteiger partial charge in [0.1, 0.15) is 5.69 Å². The van der Waals surface area contributed by atoms with Crippen molar-refractivity contribution in [3.63, 3.8) is 0 Å². The number of pyridine rings is 1. The van der Waals surface area contributed by atoms with E-state index >= 15 is 0 Å². The minimum absolute atomic E-state index is 0.103. The third kappa shape index (κ3) is 1.66. The second-order valence-electron chi connectivity index (χ2n) is 3.91. The van der Waals surface area contributed by atoms with Crippen molar-refractivity contribution >= 4 is 5.91 Å². The van der Waals surface area contributed by atoms with Crippen LogP contribution in [0.4, 0.5) is 13.2 Å². The van der Waals surface area contributed by atoms with Crippen molar-refractivity contribution in [1.82, 2.24) is 4.98 Å². The lowest BCUT2D eigenvalue weighted by molar-refractivity contribution is -0.272. The zero-order chi connectivity index (χ0) is 12.8. The summed E-state index contributed by atoms with van der Waals surface area (Å²) in [5.41, 5.74) is 2.58. The van der Waals surface area contributed by atoms with E-state index in [1.54, 1.807) is 0 Å². The van der Waals surface area contributed by atoms with Crippen molar-refractivity contribution in [3.05, 3.63) is 29.1 Å². The molecule has 1 aliphatic rings. The first-order valence-corrected chi connectivity index (χ1v) is 4.75. The van der Waals surface area contributed by atoms with Gasteiger partial charge in [0.2, 0.25) is 0 Å². The molecule has 0 fully saturated rings. The summed E-state index contributed by atoms with van der Waals surface area (Å²) >= 11 is 0. The van der Waals surface area contributed by atoms with E-state index in [9.17, 15) is 18.0 Å². The quantitative estimate of drug-likeness (QED) is 0.816. The maximum Gasteiger partial charge on any atom is 0.421 e. The van der Waals surface area contributed by atoms with Crippen LogP contribution in [0.2, 0.25) is 0 Å². The van der Waals surface area contributed by atoms with Gasteiger partial charge in [-0.3, -0.25) is 9.78 Å². The summed E-state index contributed by atoms with van der Waals surface area (Å²) in [5, 5.41) is 0. The molecule has 1 atom stereocenters. The third-order valence-corrected chi connectivity index (χ3v) is 2.81. The highest BCUT2D eigenvalue weighted by Crippen LogP contribution is 2.47. The zero-order valence-corrected chi connectivity index (χ0v) is 8.84. The van der Waals surface area contributed by atoms with Crippen molar-refractivity contribution < 1.29 is 22.7 Å². The van der Waals surface area contributed by atoms with E-state index in [1.165, 1.54) is 6.20 Å². The summed E-state index contributed by atoms with van der Waals surface area (Å²) in [6, 6.07) is 1.04. The Bertz CT molecular complexity index is 487. The van der Waals surface area contributed by atoms with Crippen molar-refractivity contribution in [2.45, 2.75) is 25.3 Å². The summed E-state index contributed by atoms with van der Waals surface area (Å²) < 4.78 is 43.5. The van der Waals surface area contributed by atoms with Crippen LogP contribution in [0.3, 0.4) is 0 Å². The Hall–Kier alpha value is -1.63.